The summed E-state index contributed by atoms with van der Waals surface area (Å²) in [6, 6.07) is 1.08. The maximum absolute atomic E-state index is 5.24. The van der Waals surface area contributed by atoms with Crippen LogP contribution in [-0.2, 0) is 11.3 Å². The van der Waals surface area contributed by atoms with Gasteiger partial charge in [0.15, 0.2) is 5.13 Å². The lowest BCUT2D eigenvalue weighted by molar-refractivity contribution is 0.183. The van der Waals surface area contributed by atoms with E-state index >= 15 is 0 Å². The van der Waals surface area contributed by atoms with Gasteiger partial charge in [0, 0.05) is 31.6 Å². The molecule has 0 spiro atoms. The summed E-state index contributed by atoms with van der Waals surface area (Å²) in [5.41, 5.74) is 1.25. The molecule has 0 aromatic carbocycles. The Balaban J connectivity index is 2.10. The van der Waals surface area contributed by atoms with Gasteiger partial charge in [-0.2, -0.15) is 0 Å². The minimum Gasteiger partial charge on any atom is -0.383 e. The van der Waals surface area contributed by atoms with Gasteiger partial charge in [0.25, 0.3) is 0 Å². The summed E-state index contributed by atoms with van der Waals surface area (Å²) in [6.45, 7) is 8.29. The molecule has 0 radical (unpaired) electrons. The summed E-state index contributed by atoms with van der Waals surface area (Å²) in [5, 5.41) is 4.70. The van der Waals surface area contributed by atoms with Crippen molar-refractivity contribution in [2.45, 2.75) is 58.2 Å². The number of hydrogen-bond donors (Lipinski definition) is 1. The zero-order valence-electron chi connectivity index (χ0n) is 13.3. The number of ether oxygens (including phenoxy) is 1. The monoisotopic (exact) mass is 297 g/mol. The second-order valence-corrected chi connectivity index (χ2v) is 7.09. The third-order valence-corrected chi connectivity index (χ3v) is 4.92. The van der Waals surface area contributed by atoms with Crippen molar-refractivity contribution in [3.8, 4) is 0 Å². The van der Waals surface area contributed by atoms with Crippen LogP contribution in [-0.4, -0.2) is 37.8 Å². The smallest absolute Gasteiger partial charge is 0.185 e. The normalized spacial score (nSPS) is 16.7. The van der Waals surface area contributed by atoms with Gasteiger partial charge in [0.1, 0.15) is 0 Å². The molecule has 2 rings (SSSR count). The molecule has 5 heteroatoms. The van der Waals surface area contributed by atoms with Crippen LogP contribution in [0.25, 0.3) is 0 Å². The van der Waals surface area contributed by atoms with Crippen molar-refractivity contribution in [2.24, 2.45) is 0 Å². The van der Waals surface area contributed by atoms with E-state index in [1.54, 1.807) is 7.11 Å². The van der Waals surface area contributed by atoms with E-state index in [1.165, 1.54) is 23.4 Å². The van der Waals surface area contributed by atoms with Gasteiger partial charge in [-0.15, -0.1) is 11.3 Å². The van der Waals surface area contributed by atoms with E-state index in [0.717, 1.165) is 24.3 Å². The average Bonchev–Trinajstić information content (AvgIpc) is 3.13. The summed E-state index contributed by atoms with van der Waals surface area (Å²) in [5.74, 6) is 0.474. The van der Waals surface area contributed by atoms with Crippen LogP contribution >= 0.6 is 11.3 Å². The molecule has 1 heterocycles. The molecule has 1 fully saturated rings. The number of methoxy groups -OCH3 is 1. The third kappa shape index (κ3) is 3.93. The van der Waals surface area contributed by atoms with E-state index in [2.05, 4.69) is 38.0 Å². The molecule has 1 aliphatic carbocycles. The van der Waals surface area contributed by atoms with E-state index in [-0.39, 0.29) is 0 Å². The van der Waals surface area contributed by atoms with E-state index in [9.17, 15) is 0 Å². The molecule has 1 aromatic heterocycles. The van der Waals surface area contributed by atoms with Gasteiger partial charge >= 0.3 is 0 Å². The number of nitrogens with one attached hydrogen (secondary N) is 1. The second kappa shape index (κ2) is 6.87. The Morgan fingerprint density at radius 3 is 2.65 bits per heavy atom. The van der Waals surface area contributed by atoms with Gasteiger partial charge < -0.3 is 15.0 Å². The van der Waals surface area contributed by atoms with Gasteiger partial charge in [-0.05, 0) is 25.7 Å². The Morgan fingerprint density at radius 2 is 2.10 bits per heavy atom. The lowest BCUT2D eigenvalue weighted by Crippen LogP contribution is -2.32. The predicted molar refractivity (Wildman–Crippen MR) is 85.8 cm³/mol. The Bertz CT molecular complexity index is 429. The minimum absolute atomic E-state index is 0.343. The SMILES string of the molecule is COCC(C)N(C)c1nc(C(C)C)c(CNC2CC2)s1. The van der Waals surface area contributed by atoms with Crippen LogP contribution in [0.4, 0.5) is 5.13 Å². The number of nitrogens with zero attached hydrogens (tertiary/aromatic N) is 2. The van der Waals surface area contributed by atoms with Crippen LogP contribution in [0.1, 0.15) is 50.1 Å². The lowest BCUT2D eigenvalue weighted by Gasteiger charge is -2.23. The highest BCUT2D eigenvalue weighted by Crippen LogP contribution is 2.32. The molecule has 114 valence electrons. The largest absolute Gasteiger partial charge is 0.383 e. The standard InChI is InChI=1S/C15H27N3OS/c1-10(2)14-13(8-16-12-6-7-12)20-15(17-14)18(4)11(3)9-19-5/h10-12,16H,6-9H2,1-5H3. The maximum atomic E-state index is 5.24. The van der Waals surface area contributed by atoms with Crippen molar-refractivity contribution in [1.82, 2.24) is 10.3 Å². The Labute approximate surface area is 126 Å². The van der Waals surface area contributed by atoms with E-state index in [1.807, 2.05) is 11.3 Å². The molecule has 1 aromatic rings. The number of anilines is 1. The molecule has 1 unspecified atom stereocenters. The first kappa shape index (κ1) is 15.7. The molecule has 1 aliphatic rings. The fourth-order valence-corrected chi connectivity index (χ4v) is 3.38. The molecule has 1 N–H and O–H groups in total. The highest BCUT2D eigenvalue weighted by molar-refractivity contribution is 7.15. The van der Waals surface area contributed by atoms with E-state index in [4.69, 9.17) is 9.72 Å². The van der Waals surface area contributed by atoms with E-state index in [0.29, 0.717) is 12.0 Å². The van der Waals surface area contributed by atoms with Crippen LogP contribution in [0.15, 0.2) is 0 Å². The van der Waals surface area contributed by atoms with Crippen LogP contribution in [0.2, 0.25) is 0 Å². The molecule has 1 atom stereocenters. The zero-order chi connectivity index (χ0) is 14.7. The predicted octanol–water partition coefficient (Wildman–Crippen LogP) is 2.99. The topological polar surface area (TPSA) is 37.4 Å². The van der Waals surface area contributed by atoms with E-state index < -0.39 is 0 Å². The van der Waals surface area contributed by atoms with Gasteiger partial charge in [0.05, 0.1) is 18.3 Å². The van der Waals surface area contributed by atoms with Gasteiger partial charge in [-0.25, -0.2) is 4.98 Å². The highest BCUT2D eigenvalue weighted by Gasteiger charge is 2.23. The zero-order valence-corrected chi connectivity index (χ0v) is 14.1. The second-order valence-electron chi connectivity index (χ2n) is 6.03. The summed E-state index contributed by atoms with van der Waals surface area (Å²) >= 11 is 1.82. The van der Waals surface area contributed by atoms with Gasteiger partial charge in [-0.1, -0.05) is 13.8 Å². The van der Waals surface area contributed by atoms with Crippen molar-refractivity contribution in [3.63, 3.8) is 0 Å². The fraction of sp³-hybridized carbons (Fsp3) is 0.800. The molecule has 0 saturated heterocycles. The van der Waals surface area contributed by atoms with Crippen LogP contribution in [0, 0.1) is 0 Å². The van der Waals surface area contributed by atoms with Crippen molar-refractivity contribution < 1.29 is 4.74 Å². The first-order valence-corrected chi connectivity index (χ1v) is 8.29. The number of thiazole rings is 1. The molecular weight excluding hydrogens is 270 g/mol. The molecule has 4 nitrogen and oxygen atoms in total. The van der Waals surface area contributed by atoms with Crippen molar-refractivity contribution in [3.05, 3.63) is 10.6 Å². The minimum atomic E-state index is 0.343. The third-order valence-electron chi connectivity index (χ3n) is 3.76. The maximum Gasteiger partial charge on any atom is 0.185 e. The molecule has 0 bridgehead atoms. The van der Waals surface area contributed by atoms with Crippen LogP contribution < -0.4 is 10.2 Å². The summed E-state index contributed by atoms with van der Waals surface area (Å²) in [4.78, 5) is 8.47. The highest BCUT2D eigenvalue weighted by atomic mass is 32.1. The molecule has 20 heavy (non-hydrogen) atoms. The summed E-state index contributed by atoms with van der Waals surface area (Å²) < 4.78 is 5.24. The van der Waals surface area contributed by atoms with Crippen molar-refractivity contribution in [2.75, 3.05) is 25.7 Å². The Morgan fingerprint density at radius 1 is 1.40 bits per heavy atom. The lowest BCUT2D eigenvalue weighted by atomic mass is 10.1. The molecule has 1 saturated carbocycles. The summed E-state index contributed by atoms with van der Waals surface area (Å²) in [6.07, 6.45) is 2.65. The molecule has 0 aliphatic heterocycles. The first-order chi connectivity index (χ1) is 9.52. The van der Waals surface area contributed by atoms with Crippen molar-refractivity contribution >= 4 is 16.5 Å². The Hall–Kier alpha value is -0.650. The average molecular weight is 297 g/mol. The first-order valence-electron chi connectivity index (χ1n) is 7.47. The molecule has 0 amide bonds. The summed E-state index contributed by atoms with van der Waals surface area (Å²) in [7, 11) is 3.85. The van der Waals surface area contributed by atoms with Crippen LogP contribution in [0.3, 0.4) is 0 Å². The number of aromatic nitrogens is 1. The number of rotatable bonds is 8. The molecular formula is C15H27N3OS. The van der Waals surface area contributed by atoms with Gasteiger partial charge in [0.2, 0.25) is 0 Å². The van der Waals surface area contributed by atoms with Crippen LogP contribution in [0.5, 0.6) is 0 Å². The number of likely N-dealkylation sites (N-methyl/N-ethyl adjacent to an activating group) is 1. The fourth-order valence-electron chi connectivity index (χ4n) is 2.15. The number of hydrogen-bond acceptors (Lipinski definition) is 5. The van der Waals surface area contributed by atoms with Crippen molar-refractivity contribution in [1.29, 1.82) is 0 Å². The Kier molecular flexibility index (Phi) is 5.41. The van der Waals surface area contributed by atoms with Gasteiger partial charge in [-0.3, -0.25) is 0 Å². The quantitative estimate of drug-likeness (QED) is 0.800.